The SMILES string of the molecule is CC(=O)N(CC(F)F)c1ccc(-c2ccc(C(=O)NCc3ccccc3)cn2)cc1Cl. The number of benzene rings is 2. The van der Waals surface area contributed by atoms with Gasteiger partial charge in [0.05, 0.1) is 28.5 Å². The highest BCUT2D eigenvalue weighted by molar-refractivity contribution is 6.34. The van der Waals surface area contributed by atoms with Gasteiger partial charge in [-0.25, -0.2) is 8.78 Å². The molecule has 0 saturated heterocycles. The smallest absolute Gasteiger partial charge is 0.256 e. The molecule has 0 spiro atoms. The fourth-order valence-electron chi connectivity index (χ4n) is 3.00. The van der Waals surface area contributed by atoms with E-state index in [2.05, 4.69) is 10.3 Å². The molecule has 0 aliphatic carbocycles. The van der Waals surface area contributed by atoms with E-state index < -0.39 is 18.9 Å². The van der Waals surface area contributed by atoms with Gasteiger partial charge in [0, 0.05) is 25.2 Å². The van der Waals surface area contributed by atoms with Crippen LogP contribution >= 0.6 is 11.6 Å². The Balaban J connectivity index is 1.72. The van der Waals surface area contributed by atoms with E-state index in [0.29, 0.717) is 23.4 Å². The second kappa shape index (κ2) is 10.1. The summed E-state index contributed by atoms with van der Waals surface area (Å²) in [6.45, 7) is 0.874. The van der Waals surface area contributed by atoms with Crippen LogP contribution in [-0.2, 0) is 11.3 Å². The van der Waals surface area contributed by atoms with E-state index in [1.807, 2.05) is 30.3 Å². The highest BCUT2D eigenvalue weighted by atomic mass is 35.5. The van der Waals surface area contributed by atoms with Gasteiger partial charge in [0.15, 0.2) is 0 Å². The molecule has 0 bridgehead atoms. The summed E-state index contributed by atoms with van der Waals surface area (Å²) in [5, 5.41) is 2.98. The fraction of sp³-hybridized carbons (Fsp3) is 0.174. The van der Waals surface area contributed by atoms with Gasteiger partial charge in [-0.2, -0.15) is 0 Å². The molecule has 1 N–H and O–H groups in total. The Bertz CT molecular complexity index is 1060. The van der Waals surface area contributed by atoms with Crippen molar-refractivity contribution in [3.63, 3.8) is 0 Å². The summed E-state index contributed by atoms with van der Waals surface area (Å²) in [6.07, 6.45) is -1.22. The molecule has 8 heteroatoms. The van der Waals surface area contributed by atoms with Gasteiger partial charge in [-0.3, -0.25) is 14.6 Å². The van der Waals surface area contributed by atoms with Crippen LogP contribution in [0.5, 0.6) is 0 Å². The van der Waals surface area contributed by atoms with Crippen molar-refractivity contribution in [2.45, 2.75) is 19.9 Å². The maximum Gasteiger partial charge on any atom is 0.256 e. The number of aromatic nitrogens is 1. The molecule has 3 aromatic rings. The fourth-order valence-corrected chi connectivity index (χ4v) is 3.28. The first kappa shape index (κ1) is 22.4. The lowest BCUT2D eigenvalue weighted by Gasteiger charge is -2.22. The molecule has 0 unspecified atom stereocenters. The number of carbonyl (C=O) groups is 2. The lowest BCUT2D eigenvalue weighted by atomic mass is 10.1. The first-order chi connectivity index (χ1) is 14.8. The van der Waals surface area contributed by atoms with Crippen molar-refractivity contribution >= 4 is 29.1 Å². The van der Waals surface area contributed by atoms with Crippen LogP contribution in [0, 0.1) is 0 Å². The molecule has 0 fully saturated rings. The zero-order valence-electron chi connectivity index (χ0n) is 16.7. The van der Waals surface area contributed by atoms with Crippen molar-refractivity contribution in [3.8, 4) is 11.3 Å². The molecule has 5 nitrogen and oxygen atoms in total. The van der Waals surface area contributed by atoms with Crippen LogP contribution in [0.4, 0.5) is 14.5 Å². The number of alkyl halides is 2. The summed E-state index contributed by atoms with van der Waals surface area (Å²) in [5.41, 5.74) is 2.78. The van der Waals surface area contributed by atoms with Crippen LogP contribution < -0.4 is 10.2 Å². The molecule has 160 valence electrons. The van der Waals surface area contributed by atoms with Gasteiger partial charge in [0.25, 0.3) is 12.3 Å². The third-order valence-electron chi connectivity index (χ3n) is 4.56. The van der Waals surface area contributed by atoms with Crippen molar-refractivity contribution in [2.24, 2.45) is 0 Å². The number of amides is 2. The molecular formula is C23H20ClF2N3O2. The minimum Gasteiger partial charge on any atom is -0.348 e. The van der Waals surface area contributed by atoms with E-state index >= 15 is 0 Å². The normalized spacial score (nSPS) is 10.7. The second-order valence-corrected chi connectivity index (χ2v) is 7.19. The average Bonchev–Trinajstić information content (AvgIpc) is 2.76. The first-order valence-electron chi connectivity index (χ1n) is 9.49. The van der Waals surface area contributed by atoms with Crippen molar-refractivity contribution in [1.82, 2.24) is 10.3 Å². The van der Waals surface area contributed by atoms with Gasteiger partial charge in [-0.15, -0.1) is 0 Å². The lowest BCUT2D eigenvalue weighted by molar-refractivity contribution is -0.117. The summed E-state index contributed by atoms with van der Waals surface area (Å²) in [6, 6.07) is 17.6. The molecule has 0 aliphatic rings. The zero-order valence-corrected chi connectivity index (χ0v) is 17.4. The van der Waals surface area contributed by atoms with E-state index in [0.717, 1.165) is 10.5 Å². The molecule has 1 heterocycles. The number of hydrogen-bond acceptors (Lipinski definition) is 3. The molecule has 0 radical (unpaired) electrons. The van der Waals surface area contributed by atoms with E-state index in [1.165, 1.54) is 19.2 Å². The number of halogens is 3. The van der Waals surface area contributed by atoms with Crippen LogP contribution in [0.15, 0.2) is 66.9 Å². The topological polar surface area (TPSA) is 62.3 Å². The van der Waals surface area contributed by atoms with Crippen LogP contribution in [0.2, 0.25) is 5.02 Å². The number of pyridine rings is 1. The van der Waals surface area contributed by atoms with E-state index in [1.54, 1.807) is 24.3 Å². The van der Waals surface area contributed by atoms with Gasteiger partial charge in [-0.1, -0.05) is 48.0 Å². The minimum atomic E-state index is -2.68. The van der Waals surface area contributed by atoms with E-state index in [-0.39, 0.29) is 16.6 Å². The van der Waals surface area contributed by atoms with Crippen molar-refractivity contribution in [2.75, 3.05) is 11.4 Å². The van der Waals surface area contributed by atoms with Crippen LogP contribution in [0.3, 0.4) is 0 Å². The summed E-state index contributed by atoms with van der Waals surface area (Å²) >= 11 is 6.25. The highest BCUT2D eigenvalue weighted by Crippen LogP contribution is 2.31. The second-order valence-electron chi connectivity index (χ2n) is 6.79. The first-order valence-corrected chi connectivity index (χ1v) is 9.87. The van der Waals surface area contributed by atoms with Crippen LogP contribution in [0.1, 0.15) is 22.8 Å². The molecule has 31 heavy (non-hydrogen) atoms. The summed E-state index contributed by atoms with van der Waals surface area (Å²) < 4.78 is 25.6. The molecule has 2 aromatic carbocycles. The monoisotopic (exact) mass is 443 g/mol. The van der Waals surface area contributed by atoms with E-state index in [9.17, 15) is 18.4 Å². The predicted octanol–water partition coefficient (Wildman–Crippen LogP) is 4.95. The Morgan fingerprint density at radius 1 is 1.10 bits per heavy atom. The zero-order chi connectivity index (χ0) is 22.4. The van der Waals surface area contributed by atoms with Crippen molar-refractivity contribution < 1.29 is 18.4 Å². The largest absolute Gasteiger partial charge is 0.348 e. The molecule has 3 rings (SSSR count). The predicted molar refractivity (Wildman–Crippen MR) is 116 cm³/mol. The maximum atomic E-state index is 12.8. The maximum absolute atomic E-state index is 12.8. The summed E-state index contributed by atoms with van der Waals surface area (Å²) in [4.78, 5) is 29.3. The third kappa shape index (κ3) is 5.86. The van der Waals surface area contributed by atoms with Crippen molar-refractivity contribution in [1.29, 1.82) is 0 Å². The molecular weight excluding hydrogens is 424 g/mol. The highest BCUT2D eigenvalue weighted by Gasteiger charge is 2.19. The van der Waals surface area contributed by atoms with Gasteiger partial charge in [0.2, 0.25) is 5.91 Å². The van der Waals surface area contributed by atoms with Crippen LogP contribution in [0.25, 0.3) is 11.3 Å². The summed E-state index contributed by atoms with van der Waals surface area (Å²) in [5.74, 6) is -0.778. The number of hydrogen-bond donors (Lipinski definition) is 1. The Kier molecular flexibility index (Phi) is 7.31. The van der Waals surface area contributed by atoms with Gasteiger partial charge >= 0.3 is 0 Å². The Morgan fingerprint density at radius 2 is 1.84 bits per heavy atom. The van der Waals surface area contributed by atoms with Gasteiger partial charge in [0.1, 0.15) is 0 Å². The number of anilines is 1. The summed E-state index contributed by atoms with van der Waals surface area (Å²) in [7, 11) is 0. The lowest BCUT2D eigenvalue weighted by Crippen LogP contribution is -2.33. The quantitative estimate of drug-likeness (QED) is 0.562. The minimum absolute atomic E-state index is 0.153. The Hall–Kier alpha value is -3.32. The molecule has 0 aliphatic heterocycles. The molecule has 0 saturated carbocycles. The average molecular weight is 444 g/mol. The number of rotatable bonds is 7. The van der Waals surface area contributed by atoms with E-state index in [4.69, 9.17) is 11.6 Å². The number of nitrogens with zero attached hydrogens (tertiary/aromatic N) is 2. The standard InChI is InChI=1S/C23H20ClF2N3O2/c1-15(30)29(14-22(25)26)21-10-8-17(11-19(21)24)20-9-7-18(13-27-20)23(31)28-12-16-5-3-2-4-6-16/h2-11,13,22H,12,14H2,1H3,(H,28,31). The number of carbonyl (C=O) groups excluding carboxylic acids is 2. The van der Waals surface area contributed by atoms with Crippen molar-refractivity contribution in [3.05, 3.63) is 83.0 Å². The third-order valence-corrected chi connectivity index (χ3v) is 4.86. The molecule has 1 aromatic heterocycles. The van der Waals surface area contributed by atoms with Gasteiger partial charge < -0.3 is 10.2 Å². The van der Waals surface area contributed by atoms with Crippen LogP contribution in [-0.4, -0.2) is 29.8 Å². The Labute approximate surface area is 183 Å². The molecule has 2 amide bonds. The number of nitrogens with one attached hydrogen (secondary N) is 1. The molecule has 0 atom stereocenters. The Morgan fingerprint density at radius 3 is 2.42 bits per heavy atom. The van der Waals surface area contributed by atoms with Gasteiger partial charge in [-0.05, 0) is 29.8 Å².